The number of pyridine rings is 2. The molecular formula is C39H45F2N13O3. The van der Waals surface area contributed by atoms with Crippen LogP contribution in [0, 0.1) is 18.6 Å². The number of rotatable bonds is 4. The van der Waals surface area contributed by atoms with Crippen molar-refractivity contribution < 1.29 is 27.4 Å². The number of imidazole rings is 1. The monoisotopic (exact) mass is 781 g/mol. The van der Waals surface area contributed by atoms with E-state index in [4.69, 9.17) is 29.7 Å². The van der Waals surface area contributed by atoms with Crippen molar-refractivity contribution in [2.24, 2.45) is 0 Å². The van der Waals surface area contributed by atoms with Crippen molar-refractivity contribution in [3.63, 3.8) is 0 Å². The van der Waals surface area contributed by atoms with Gasteiger partial charge in [-0.05, 0) is 50.1 Å². The highest BCUT2D eigenvalue weighted by atomic mass is 19.1. The number of aryl methyl sites for hydroxylation is 1. The Bertz CT molecular complexity index is 2630. The lowest BCUT2D eigenvalue weighted by molar-refractivity contribution is -0.138. The number of likely N-dealkylation sites (tertiary alicyclic amines) is 1. The Kier molecular flexibility index (Phi) is 8.10. The molecule has 18 heteroatoms. The van der Waals surface area contributed by atoms with Gasteiger partial charge in [0.2, 0.25) is 17.8 Å². The maximum atomic E-state index is 15.3. The number of fused-ring (bicyclic) bond motifs is 8. The van der Waals surface area contributed by atoms with Gasteiger partial charge in [-0.1, -0.05) is 6.07 Å². The second kappa shape index (κ2) is 13.1. The lowest BCUT2D eigenvalue weighted by Crippen LogP contribution is -2.71. The Morgan fingerprint density at radius 2 is 1.74 bits per heavy atom. The van der Waals surface area contributed by atoms with E-state index in [0.717, 1.165) is 29.0 Å². The summed E-state index contributed by atoms with van der Waals surface area (Å²) in [6.07, 6.45) is 3.91. The minimum atomic E-state index is -0.820. The number of ether oxygens (including phenoxy) is 1. The molecule has 16 nitrogen and oxygen atoms in total. The number of halogens is 2. The van der Waals surface area contributed by atoms with E-state index in [2.05, 4.69) is 15.0 Å². The highest BCUT2D eigenvalue weighted by Gasteiger charge is 2.51. The maximum absolute atomic E-state index is 15.3. The summed E-state index contributed by atoms with van der Waals surface area (Å²) in [4.78, 5) is 59.8. The molecule has 2 unspecified atom stereocenters. The highest BCUT2D eigenvalue weighted by molar-refractivity contribution is 5.95. The van der Waals surface area contributed by atoms with Crippen molar-refractivity contribution in [1.82, 2.24) is 49.1 Å². The number of likely N-dealkylation sites (N-methyl/N-ethyl adjacent to an activating group) is 2. The van der Waals surface area contributed by atoms with Gasteiger partial charge in [-0.25, -0.2) is 23.4 Å². The van der Waals surface area contributed by atoms with E-state index >= 15 is 4.39 Å². The van der Waals surface area contributed by atoms with Gasteiger partial charge in [0, 0.05) is 63.4 Å². The molecule has 0 aliphatic carbocycles. The summed E-state index contributed by atoms with van der Waals surface area (Å²) < 4.78 is 38.8. The average Bonchev–Trinajstić information content (AvgIpc) is 3.89. The summed E-state index contributed by atoms with van der Waals surface area (Å²) in [5.41, 5.74) is 3.22. The number of anilines is 3. The summed E-state index contributed by atoms with van der Waals surface area (Å²) in [6.45, 7) is 3.45. The van der Waals surface area contributed by atoms with Crippen LogP contribution in [0.2, 0.25) is 0 Å². The predicted octanol–water partition coefficient (Wildman–Crippen LogP) is 3.91. The summed E-state index contributed by atoms with van der Waals surface area (Å²) in [7, 11) is 5.17. The minimum absolute atomic E-state index is 0. The van der Waals surface area contributed by atoms with Crippen LogP contribution in [0.25, 0.3) is 39.1 Å². The molecule has 4 aliphatic rings. The van der Waals surface area contributed by atoms with Crippen LogP contribution in [0.5, 0.6) is 0 Å². The van der Waals surface area contributed by atoms with Crippen LogP contribution < -0.4 is 15.1 Å². The Morgan fingerprint density at radius 3 is 2.54 bits per heavy atom. The van der Waals surface area contributed by atoms with Crippen molar-refractivity contribution in [2.45, 2.75) is 56.6 Å². The molecule has 10 rings (SSSR count). The first-order valence-corrected chi connectivity index (χ1v) is 18.9. The molecule has 57 heavy (non-hydrogen) atoms. The number of hydrogen-bond donors (Lipinski definition) is 1. The molecule has 3 fully saturated rings. The molecular weight excluding hydrogens is 737 g/mol. The number of piperazine rings is 1. The zero-order valence-corrected chi connectivity index (χ0v) is 31.7. The van der Waals surface area contributed by atoms with E-state index in [1.807, 2.05) is 41.0 Å². The number of nitrogens with zero attached hydrogens (tertiary/aromatic N) is 12. The van der Waals surface area contributed by atoms with Gasteiger partial charge in [0.15, 0.2) is 11.5 Å². The number of hydrogen-bond acceptors (Lipinski definition) is 12. The van der Waals surface area contributed by atoms with Gasteiger partial charge in [0.25, 0.3) is 0 Å². The van der Waals surface area contributed by atoms with E-state index in [0.29, 0.717) is 60.9 Å². The van der Waals surface area contributed by atoms with Crippen molar-refractivity contribution in [1.29, 1.82) is 0 Å². The molecule has 0 spiro atoms. The molecule has 9 heterocycles. The van der Waals surface area contributed by atoms with Crippen LogP contribution in [-0.2, 0) is 20.9 Å². The first-order valence-electron chi connectivity index (χ1n) is 18.9. The lowest BCUT2D eigenvalue weighted by atomic mass is 9.87. The summed E-state index contributed by atoms with van der Waals surface area (Å²) in [5.74, 6) is 0.320. The zero-order valence-electron chi connectivity index (χ0n) is 31.7. The molecule has 6 aromatic rings. The SMILES string of the molecule is CO[C@H]1CN(C)C(=O)[C@@H]2CC(CN2c2nc(N3C4C[C@@H]3CN(C)C4=O)nc3c2cnn3-c2ccc(F)cc2F)Nc2cccc(n2)-c2nccc3nc(C)n(c23)C1.[HH].[HH].[HH]. The Morgan fingerprint density at radius 1 is 0.912 bits per heavy atom. The number of benzene rings is 1. The number of nitrogens with one attached hydrogen (secondary N) is 1. The Hall–Kier alpha value is -6.30. The second-order valence-electron chi connectivity index (χ2n) is 15.3. The number of carbonyl (C=O) groups is 2. The second-order valence-corrected chi connectivity index (χ2v) is 15.3. The Labute approximate surface area is 329 Å². The topological polar surface area (TPSA) is 156 Å². The fraction of sp³-hybridized carbons (Fsp3) is 0.385. The third kappa shape index (κ3) is 5.63. The third-order valence-corrected chi connectivity index (χ3v) is 11.8. The Balaban J connectivity index is 0.00000181. The predicted molar refractivity (Wildman–Crippen MR) is 212 cm³/mol. The highest BCUT2D eigenvalue weighted by Crippen LogP contribution is 2.40. The van der Waals surface area contributed by atoms with Gasteiger partial charge in [0.05, 0.1) is 47.0 Å². The van der Waals surface area contributed by atoms with Crippen molar-refractivity contribution in [3.8, 4) is 17.1 Å². The number of methoxy groups -OCH3 is 1. The number of carbonyl (C=O) groups excluding carboxylic acids is 2. The van der Waals surface area contributed by atoms with E-state index < -0.39 is 29.8 Å². The summed E-state index contributed by atoms with van der Waals surface area (Å²) in [5, 5.41) is 8.57. The molecule has 1 aromatic carbocycles. The van der Waals surface area contributed by atoms with E-state index in [1.54, 1.807) is 37.2 Å². The maximum Gasteiger partial charge on any atom is 0.245 e. The molecule has 0 saturated carbocycles. The molecule has 0 radical (unpaired) electrons. The van der Waals surface area contributed by atoms with E-state index in [-0.39, 0.29) is 52.0 Å². The van der Waals surface area contributed by atoms with Crippen LogP contribution >= 0.6 is 0 Å². The largest absolute Gasteiger partial charge is 0.378 e. The molecule has 4 aliphatic heterocycles. The van der Waals surface area contributed by atoms with Gasteiger partial charge in [-0.15, -0.1) is 0 Å². The van der Waals surface area contributed by atoms with Crippen LogP contribution in [0.15, 0.2) is 54.9 Å². The van der Waals surface area contributed by atoms with Crippen molar-refractivity contribution in [3.05, 3.63) is 72.3 Å². The van der Waals surface area contributed by atoms with Gasteiger partial charge >= 0.3 is 0 Å². The fourth-order valence-corrected chi connectivity index (χ4v) is 8.93. The van der Waals surface area contributed by atoms with Crippen LogP contribution in [0.1, 0.15) is 22.9 Å². The first-order chi connectivity index (χ1) is 27.6. The zero-order chi connectivity index (χ0) is 39.3. The molecule has 2 amide bonds. The van der Waals surface area contributed by atoms with E-state index in [9.17, 15) is 14.0 Å². The number of amides is 2. The molecule has 1 N–H and O–H groups in total. The van der Waals surface area contributed by atoms with Gasteiger partial charge < -0.3 is 34.2 Å². The van der Waals surface area contributed by atoms with Gasteiger partial charge in [-0.2, -0.15) is 15.1 Å². The minimum Gasteiger partial charge on any atom is -0.378 e. The molecule has 6 bridgehead atoms. The number of piperidine rings is 1. The summed E-state index contributed by atoms with van der Waals surface area (Å²) >= 11 is 0. The quantitative estimate of drug-likeness (QED) is 0.276. The molecule has 5 atom stereocenters. The average molecular weight is 782 g/mol. The summed E-state index contributed by atoms with van der Waals surface area (Å²) in [6, 6.07) is 9.39. The van der Waals surface area contributed by atoms with E-state index in [1.165, 1.54) is 16.9 Å². The fourth-order valence-electron chi connectivity index (χ4n) is 8.93. The first kappa shape index (κ1) is 35.1. The normalized spacial score (nSPS) is 23.5. The molecule has 298 valence electrons. The van der Waals surface area contributed by atoms with Crippen molar-refractivity contribution >= 4 is 51.5 Å². The van der Waals surface area contributed by atoms with Crippen LogP contribution in [0.4, 0.5) is 26.4 Å². The lowest BCUT2D eigenvalue weighted by Gasteiger charge is -2.54. The van der Waals surface area contributed by atoms with Crippen LogP contribution in [0.3, 0.4) is 0 Å². The van der Waals surface area contributed by atoms with Gasteiger partial charge in [0.1, 0.15) is 46.7 Å². The number of aromatic nitrogens is 8. The smallest absolute Gasteiger partial charge is 0.245 e. The van der Waals surface area contributed by atoms with Gasteiger partial charge in [-0.3, -0.25) is 14.6 Å². The standard InChI is InChI=1S/C39H39F2N13O3.3H2/c1-20-44-28-10-11-42-33-27-6-5-7-32(46-27)45-22-13-30(37(55)50(3)18-24(57-4)19-51(20)34(28)33)52(16-22)35-25-15-43-54(29-9-8-21(40)12-26(29)41)36(25)48-39(47-35)53-23-14-31(53)38(56)49(2)17-23;;;/h5-12,15,22-24,30-31H,13-14,16-19H2,1-4H3,(H,45,46);3*1H/t22?,23-,24+,30+,31?;;;/m1.../s1. The third-order valence-electron chi connectivity index (χ3n) is 11.8. The molecule has 5 aromatic heterocycles. The molecule has 3 saturated heterocycles. The van der Waals surface area contributed by atoms with Crippen LogP contribution in [-0.4, -0.2) is 132 Å². The van der Waals surface area contributed by atoms with Crippen molar-refractivity contribution in [2.75, 3.05) is 56.0 Å².